The summed E-state index contributed by atoms with van der Waals surface area (Å²) in [6, 6.07) is 10.1. The number of hydrogen-bond donors (Lipinski definition) is 2. The van der Waals surface area contributed by atoms with Crippen LogP contribution < -0.4 is 5.43 Å². The molecule has 0 saturated carbocycles. The Morgan fingerprint density at radius 3 is 2.90 bits per heavy atom. The molecule has 0 aliphatic rings. The predicted molar refractivity (Wildman–Crippen MR) is 77.9 cm³/mol. The van der Waals surface area contributed by atoms with Gasteiger partial charge in [0.2, 0.25) is 0 Å². The number of rotatable bonds is 5. The summed E-state index contributed by atoms with van der Waals surface area (Å²) in [7, 11) is 0. The van der Waals surface area contributed by atoms with Crippen molar-refractivity contribution in [1.82, 2.24) is 0 Å². The van der Waals surface area contributed by atoms with Crippen molar-refractivity contribution in [2.45, 2.75) is 6.92 Å². The molecule has 2 aromatic rings. The van der Waals surface area contributed by atoms with E-state index in [-0.39, 0.29) is 5.56 Å². The van der Waals surface area contributed by atoms with Gasteiger partial charge in [0, 0.05) is 0 Å². The van der Waals surface area contributed by atoms with Gasteiger partial charge < -0.3 is 9.52 Å². The van der Waals surface area contributed by atoms with Crippen LogP contribution in [0.15, 0.2) is 58.3 Å². The molecule has 0 unspecified atom stereocenters. The van der Waals surface area contributed by atoms with E-state index in [2.05, 4.69) is 10.5 Å². The topological polar surface area (TPSA) is 74.8 Å². The largest absolute Gasteiger partial charge is 0.478 e. The molecule has 0 atom stereocenters. The van der Waals surface area contributed by atoms with Gasteiger partial charge in [-0.2, -0.15) is 5.10 Å². The third kappa shape index (κ3) is 3.84. The average molecular weight is 270 g/mol. The maximum atomic E-state index is 10.8. The number of hydrazone groups is 1. The maximum Gasteiger partial charge on any atom is 0.335 e. The third-order valence-corrected chi connectivity index (χ3v) is 2.50. The lowest BCUT2D eigenvalue weighted by Crippen LogP contribution is -1.98. The van der Waals surface area contributed by atoms with Crippen molar-refractivity contribution in [2.24, 2.45) is 5.10 Å². The number of nitrogens with one attached hydrogen (secondary N) is 1. The fourth-order valence-corrected chi connectivity index (χ4v) is 1.50. The number of furan rings is 1. The Balaban J connectivity index is 2.01. The summed E-state index contributed by atoms with van der Waals surface area (Å²) >= 11 is 0. The van der Waals surface area contributed by atoms with Crippen LogP contribution in [0.4, 0.5) is 5.69 Å². The molecule has 2 N–H and O–H groups in total. The number of benzene rings is 1. The summed E-state index contributed by atoms with van der Waals surface area (Å²) in [5.41, 5.74) is 4.39. The average Bonchev–Trinajstić information content (AvgIpc) is 2.96. The Morgan fingerprint density at radius 2 is 2.20 bits per heavy atom. The van der Waals surface area contributed by atoms with Crippen LogP contribution in [-0.2, 0) is 0 Å². The van der Waals surface area contributed by atoms with Gasteiger partial charge in [-0.1, -0.05) is 6.07 Å². The highest BCUT2D eigenvalue weighted by Crippen LogP contribution is 2.10. The molecule has 0 aliphatic carbocycles. The van der Waals surface area contributed by atoms with E-state index in [0.717, 1.165) is 11.5 Å². The van der Waals surface area contributed by atoms with E-state index in [9.17, 15) is 4.79 Å². The molecular formula is C15H14N2O3. The SMILES string of the molecule is CC(/C=C/c1ccco1)=N\Nc1cccc(C(=O)O)c1. The number of carbonyl (C=O) groups is 1. The zero-order valence-corrected chi connectivity index (χ0v) is 10.9. The highest BCUT2D eigenvalue weighted by molar-refractivity contribution is 5.96. The molecule has 1 aromatic carbocycles. The zero-order valence-electron chi connectivity index (χ0n) is 10.9. The minimum Gasteiger partial charge on any atom is -0.478 e. The Labute approximate surface area is 116 Å². The van der Waals surface area contributed by atoms with Crippen molar-refractivity contribution in [1.29, 1.82) is 0 Å². The number of hydrogen-bond acceptors (Lipinski definition) is 4. The van der Waals surface area contributed by atoms with E-state index >= 15 is 0 Å². The second-order valence-electron chi connectivity index (χ2n) is 4.10. The lowest BCUT2D eigenvalue weighted by atomic mass is 10.2. The van der Waals surface area contributed by atoms with Gasteiger partial charge in [-0.05, 0) is 49.4 Å². The number of aromatic carboxylic acids is 1. The second-order valence-corrected chi connectivity index (χ2v) is 4.10. The first-order valence-corrected chi connectivity index (χ1v) is 6.00. The van der Waals surface area contributed by atoms with E-state index in [1.807, 2.05) is 19.1 Å². The first kappa shape index (κ1) is 13.6. The summed E-state index contributed by atoms with van der Waals surface area (Å²) in [4.78, 5) is 10.8. The Kier molecular flexibility index (Phi) is 4.34. The fraction of sp³-hybridized carbons (Fsp3) is 0.0667. The van der Waals surface area contributed by atoms with Gasteiger partial charge in [0.25, 0.3) is 0 Å². The normalized spacial score (nSPS) is 11.8. The molecule has 5 heteroatoms. The molecule has 0 spiro atoms. The van der Waals surface area contributed by atoms with Crippen LogP contribution in [0.25, 0.3) is 6.08 Å². The third-order valence-electron chi connectivity index (χ3n) is 2.50. The quantitative estimate of drug-likeness (QED) is 0.644. The monoisotopic (exact) mass is 270 g/mol. The van der Waals surface area contributed by atoms with Crippen molar-refractivity contribution in [3.63, 3.8) is 0 Å². The van der Waals surface area contributed by atoms with Gasteiger partial charge in [0.15, 0.2) is 0 Å². The minimum atomic E-state index is -0.966. The number of carboxylic acid groups (broad SMARTS) is 1. The Morgan fingerprint density at radius 1 is 1.35 bits per heavy atom. The molecule has 0 amide bonds. The van der Waals surface area contributed by atoms with E-state index < -0.39 is 5.97 Å². The smallest absolute Gasteiger partial charge is 0.335 e. The molecule has 1 aromatic heterocycles. The molecule has 0 bridgehead atoms. The van der Waals surface area contributed by atoms with Crippen LogP contribution in [-0.4, -0.2) is 16.8 Å². The molecule has 0 radical (unpaired) electrons. The summed E-state index contributed by atoms with van der Waals surface area (Å²) in [5, 5.41) is 13.0. The Hall–Kier alpha value is -2.82. The van der Waals surface area contributed by atoms with E-state index in [1.165, 1.54) is 12.1 Å². The van der Waals surface area contributed by atoms with Crippen LogP contribution in [0.5, 0.6) is 0 Å². The van der Waals surface area contributed by atoms with Crippen molar-refractivity contribution >= 4 is 23.4 Å². The summed E-state index contributed by atoms with van der Waals surface area (Å²) in [6.07, 6.45) is 5.20. The van der Waals surface area contributed by atoms with Crippen LogP contribution in [0.2, 0.25) is 0 Å². The zero-order chi connectivity index (χ0) is 14.4. The van der Waals surface area contributed by atoms with Crippen molar-refractivity contribution in [2.75, 3.05) is 5.43 Å². The summed E-state index contributed by atoms with van der Waals surface area (Å²) in [5.74, 6) is -0.223. The molecule has 0 saturated heterocycles. The molecular weight excluding hydrogens is 256 g/mol. The minimum absolute atomic E-state index is 0.217. The van der Waals surface area contributed by atoms with Crippen LogP contribution in [0.1, 0.15) is 23.0 Å². The lowest BCUT2D eigenvalue weighted by Gasteiger charge is -2.02. The number of carboxylic acids is 1. The standard InChI is InChI=1S/C15H14N2O3/c1-11(7-8-14-6-3-9-20-14)16-17-13-5-2-4-12(10-13)15(18)19/h2-10,17H,1H3,(H,18,19)/b8-7+,16-11+. The van der Waals surface area contributed by atoms with E-state index in [1.54, 1.807) is 30.5 Å². The first-order valence-electron chi connectivity index (χ1n) is 6.00. The highest BCUT2D eigenvalue weighted by Gasteiger charge is 2.02. The Bertz CT molecular complexity index is 643. The van der Waals surface area contributed by atoms with Gasteiger partial charge in [0.1, 0.15) is 5.76 Å². The van der Waals surface area contributed by atoms with E-state index in [0.29, 0.717) is 5.69 Å². The molecule has 102 valence electrons. The van der Waals surface area contributed by atoms with Crippen molar-refractivity contribution in [3.8, 4) is 0 Å². The van der Waals surface area contributed by atoms with Crippen LogP contribution in [0.3, 0.4) is 0 Å². The second kappa shape index (κ2) is 6.38. The molecule has 1 heterocycles. The molecule has 5 nitrogen and oxygen atoms in total. The molecule has 0 aliphatic heterocycles. The number of allylic oxidation sites excluding steroid dienone is 1. The number of anilines is 1. The number of nitrogens with zero attached hydrogens (tertiary/aromatic N) is 1. The van der Waals surface area contributed by atoms with Crippen molar-refractivity contribution in [3.05, 3.63) is 60.1 Å². The van der Waals surface area contributed by atoms with Gasteiger partial charge in [-0.25, -0.2) is 4.79 Å². The van der Waals surface area contributed by atoms with Gasteiger partial charge in [-0.3, -0.25) is 5.43 Å². The lowest BCUT2D eigenvalue weighted by molar-refractivity contribution is 0.0697. The van der Waals surface area contributed by atoms with Crippen molar-refractivity contribution < 1.29 is 14.3 Å². The molecule has 2 rings (SSSR count). The van der Waals surface area contributed by atoms with E-state index in [4.69, 9.17) is 9.52 Å². The molecule has 0 fully saturated rings. The first-order chi connectivity index (χ1) is 9.65. The summed E-state index contributed by atoms with van der Waals surface area (Å²) < 4.78 is 5.16. The fourth-order valence-electron chi connectivity index (χ4n) is 1.50. The van der Waals surface area contributed by atoms with Crippen LogP contribution >= 0.6 is 0 Å². The predicted octanol–water partition coefficient (Wildman–Crippen LogP) is 3.48. The van der Waals surface area contributed by atoms with Gasteiger partial charge >= 0.3 is 5.97 Å². The maximum absolute atomic E-state index is 10.8. The van der Waals surface area contributed by atoms with Crippen LogP contribution in [0, 0.1) is 0 Å². The molecule has 20 heavy (non-hydrogen) atoms. The summed E-state index contributed by atoms with van der Waals surface area (Å²) in [6.45, 7) is 1.83. The van der Waals surface area contributed by atoms with Gasteiger partial charge in [0.05, 0.1) is 23.2 Å². The highest BCUT2D eigenvalue weighted by atomic mass is 16.4. The van der Waals surface area contributed by atoms with Gasteiger partial charge in [-0.15, -0.1) is 0 Å².